The fourth-order valence-corrected chi connectivity index (χ4v) is 5.97. The Bertz CT molecular complexity index is 1540. The Morgan fingerprint density at radius 2 is 1.71 bits per heavy atom. The Balaban J connectivity index is 0.00000461. The van der Waals surface area contributed by atoms with Crippen LogP contribution in [0.1, 0.15) is 54.0 Å². The van der Waals surface area contributed by atoms with Crippen molar-refractivity contribution in [2.75, 3.05) is 26.7 Å². The van der Waals surface area contributed by atoms with Gasteiger partial charge in [-0.1, -0.05) is 48.5 Å². The highest BCUT2D eigenvalue weighted by Gasteiger charge is 2.40. The number of nitrogens with one attached hydrogen (secondary N) is 2. The number of hydrogen-bond donors (Lipinski definition) is 3. The average Bonchev–Trinajstić information content (AvgIpc) is 3.04. The number of ether oxygens (including phenoxy) is 1. The molecule has 12 heteroatoms. The van der Waals surface area contributed by atoms with Gasteiger partial charge in [-0.2, -0.15) is 0 Å². The van der Waals surface area contributed by atoms with E-state index < -0.39 is 35.7 Å². The van der Waals surface area contributed by atoms with Crippen LogP contribution in [0.5, 0.6) is 5.75 Å². The molecule has 3 atom stereocenters. The van der Waals surface area contributed by atoms with Crippen molar-refractivity contribution < 1.29 is 33.0 Å². The lowest BCUT2D eigenvalue weighted by Crippen LogP contribution is -2.53. The summed E-state index contributed by atoms with van der Waals surface area (Å²) in [4.78, 5) is 41.8. The number of piperidine rings is 1. The summed E-state index contributed by atoms with van der Waals surface area (Å²) in [6.07, 6.45) is 3.51. The summed E-state index contributed by atoms with van der Waals surface area (Å²) in [5, 5.41) is 14.8. The van der Waals surface area contributed by atoms with Crippen LogP contribution >= 0.6 is 12.4 Å². The number of urea groups is 2. The number of carbonyl (C=O) groups is 3. The minimum absolute atomic E-state index is 0. The van der Waals surface area contributed by atoms with E-state index in [0.29, 0.717) is 18.9 Å². The van der Waals surface area contributed by atoms with Gasteiger partial charge in [0.1, 0.15) is 11.8 Å². The average molecular weight is 641 g/mol. The number of methoxy groups -OCH3 is 1. The van der Waals surface area contributed by atoms with Crippen molar-refractivity contribution in [2.24, 2.45) is 0 Å². The van der Waals surface area contributed by atoms with Gasteiger partial charge in [-0.05, 0) is 72.7 Å². The number of benzene rings is 3. The molecule has 45 heavy (non-hydrogen) atoms. The predicted octanol–water partition coefficient (Wildman–Crippen LogP) is 5.94. The summed E-state index contributed by atoms with van der Waals surface area (Å²) in [6.45, 7) is 1.73. The molecule has 0 bridgehead atoms. The molecule has 2 aliphatic rings. The maximum Gasteiger partial charge on any atom is 0.337 e. The van der Waals surface area contributed by atoms with Crippen LogP contribution in [0.2, 0.25) is 0 Å². The molecule has 0 radical (unpaired) electrons. The molecule has 1 saturated heterocycles. The van der Waals surface area contributed by atoms with Gasteiger partial charge >= 0.3 is 18.0 Å². The molecule has 3 N–H and O–H groups in total. The zero-order chi connectivity index (χ0) is 31.2. The molecule has 4 amide bonds. The molecule has 3 aromatic carbocycles. The van der Waals surface area contributed by atoms with E-state index in [-0.39, 0.29) is 41.9 Å². The number of rotatable bonds is 8. The van der Waals surface area contributed by atoms with Gasteiger partial charge in [0.05, 0.1) is 12.7 Å². The summed E-state index contributed by atoms with van der Waals surface area (Å²) in [7, 11) is 1.14. The van der Waals surface area contributed by atoms with Gasteiger partial charge in [-0.25, -0.2) is 28.1 Å². The third-order valence-electron chi connectivity index (χ3n) is 8.18. The summed E-state index contributed by atoms with van der Waals surface area (Å²) in [5.41, 5.74) is 2.30. The highest BCUT2D eigenvalue weighted by molar-refractivity contribution is 6.00. The molecule has 3 unspecified atom stereocenters. The topological polar surface area (TPSA) is 111 Å². The molecule has 238 valence electrons. The summed E-state index contributed by atoms with van der Waals surface area (Å²) >= 11 is 0. The number of esters is 1. The quantitative estimate of drug-likeness (QED) is 0.208. The van der Waals surface area contributed by atoms with Gasteiger partial charge in [0.25, 0.3) is 0 Å². The van der Waals surface area contributed by atoms with Crippen molar-refractivity contribution in [2.45, 2.75) is 37.3 Å². The first kappa shape index (κ1) is 33.4. The molecule has 0 aromatic heterocycles. The van der Waals surface area contributed by atoms with Crippen LogP contribution in [-0.4, -0.2) is 59.7 Å². The second-order valence-electron chi connectivity index (χ2n) is 10.8. The largest absolute Gasteiger partial charge is 0.508 e. The maximum absolute atomic E-state index is 14.1. The number of likely N-dealkylation sites (tertiary alicyclic amines) is 1. The third-order valence-corrected chi connectivity index (χ3v) is 8.18. The minimum Gasteiger partial charge on any atom is -0.508 e. The van der Waals surface area contributed by atoms with E-state index in [0.717, 1.165) is 49.7 Å². The highest BCUT2D eigenvalue weighted by atomic mass is 35.5. The van der Waals surface area contributed by atoms with Crippen molar-refractivity contribution >= 4 is 30.4 Å². The lowest BCUT2D eigenvalue weighted by Gasteiger charge is -2.40. The van der Waals surface area contributed by atoms with Crippen molar-refractivity contribution in [3.05, 3.63) is 113 Å². The first-order valence-corrected chi connectivity index (χ1v) is 14.5. The number of halogens is 3. The van der Waals surface area contributed by atoms with Crippen LogP contribution in [-0.2, 0) is 9.53 Å². The number of phenolic OH excluding ortho intramolecular Hbond substituents is 1. The van der Waals surface area contributed by atoms with Crippen molar-refractivity contribution in [3.63, 3.8) is 0 Å². The molecule has 3 aromatic rings. The zero-order valence-electron chi connectivity index (χ0n) is 24.6. The van der Waals surface area contributed by atoms with E-state index >= 15 is 0 Å². The number of imide groups is 1. The molecular formula is C33H35ClF2N4O5. The van der Waals surface area contributed by atoms with E-state index in [1.807, 2.05) is 30.3 Å². The number of aromatic hydroxyl groups is 1. The van der Waals surface area contributed by atoms with Crippen LogP contribution < -0.4 is 10.6 Å². The molecule has 5 rings (SSSR count). The Labute approximate surface area is 266 Å². The molecular weight excluding hydrogens is 606 g/mol. The zero-order valence-corrected chi connectivity index (χ0v) is 25.4. The van der Waals surface area contributed by atoms with Crippen LogP contribution in [0.3, 0.4) is 0 Å². The van der Waals surface area contributed by atoms with Crippen LogP contribution in [0.4, 0.5) is 18.4 Å². The lowest BCUT2D eigenvalue weighted by atomic mass is 9.82. The summed E-state index contributed by atoms with van der Waals surface area (Å²) < 4.78 is 32.6. The number of phenols is 1. The van der Waals surface area contributed by atoms with Crippen LogP contribution in [0.25, 0.3) is 0 Å². The van der Waals surface area contributed by atoms with E-state index in [1.54, 1.807) is 12.1 Å². The lowest BCUT2D eigenvalue weighted by molar-refractivity contribution is -0.136. The number of amides is 4. The number of carbonyl (C=O) groups excluding carboxylic acids is 3. The second-order valence-corrected chi connectivity index (χ2v) is 10.8. The monoisotopic (exact) mass is 640 g/mol. The Morgan fingerprint density at radius 1 is 1.00 bits per heavy atom. The molecule has 9 nitrogen and oxygen atoms in total. The second kappa shape index (κ2) is 15.0. The van der Waals surface area contributed by atoms with Gasteiger partial charge < -0.3 is 20.5 Å². The fraction of sp³-hybridized carbons (Fsp3) is 0.303. The molecule has 2 heterocycles. The van der Waals surface area contributed by atoms with Gasteiger partial charge in [0.2, 0.25) is 0 Å². The highest BCUT2D eigenvalue weighted by Crippen LogP contribution is 2.40. The normalized spacial score (nSPS) is 20.0. The van der Waals surface area contributed by atoms with E-state index in [9.17, 15) is 28.3 Å². The van der Waals surface area contributed by atoms with Crippen molar-refractivity contribution in [3.8, 4) is 5.75 Å². The third kappa shape index (κ3) is 7.61. The van der Waals surface area contributed by atoms with Gasteiger partial charge in [0.15, 0.2) is 11.6 Å². The number of hydrogen-bond acceptors (Lipinski definition) is 6. The fourth-order valence-electron chi connectivity index (χ4n) is 5.97. The summed E-state index contributed by atoms with van der Waals surface area (Å²) in [5.74, 6) is -2.54. The first-order valence-electron chi connectivity index (χ1n) is 14.5. The van der Waals surface area contributed by atoms with E-state index in [4.69, 9.17) is 4.74 Å². The SMILES string of the molecule is COC(=O)C1=CNC(=O)N(C(=O)NCCCN2CCC(c3ccc(O)cc3)CC2c2ccccc2)C1c1ccc(F)c(F)c1.Cl. The predicted molar refractivity (Wildman–Crippen MR) is 166 cm³/mol. The summed E-state index contributed by atoms with van der Waals surface area (Å²) in [6, 6.07) is 17.7. The maximum atomic E-state index is 14.1. The van der Waals surface area contributed by atoms with Gasteiger partial charge in [-0.15, -0.1) is 12.4 Å². The smallest absolute Gasteiger partial charge is 0.337 e. The van der Waals surface area contributed by atoms with E-state index in [2.05, 4.69) is 27.7 Å². The first-order chi connectivity index (χ1) is 21.3. The Morgan fingerprint density at radius 3 is 2.40 bits per heavy atom. The van der Waals surface area contributed by atoms with Gasteiger partial charge in [0, 0.05) is 25.3 Å². The molecule has 0 saturated carbocycles. The van der Waals surface area contributed by atoms with E-state index in [1.165, 1.54) is 17.2 Å². The van der Waals surface area contributed by atoms with Crippen LogP contribution in [0, 0.1) is 11.6 Å². The minimum atomic E-state index is -1.33. The Kier molecular flexibility index (Phi) is 11.1. The van der Waals surface area contributed by atoms with Gasteiger partial charge in [-0.3, -0.25) is 4.90 Å². The van der Waals surface area contributed by atoms with Crippen molar-refractivity contribution in [1.82, 2.24) is 20.4 Å². The Hall–Kier alpha value is -4.48. The molecule has 0 aliphatic carbocycles. The number of nitrogens with zero attached hydrogens (tertiary/aromatic N) is 2. The molecule has 0 spiro atoms. The van der Waals surface area contributed by atoms with Crippen LogP contribution in [0.15, 0.2) is 84.6 Å². The molecule has 2 aliphatic heterocycles. The molecule has 1 fully saturated rings. The standard InChI is InChI=1S/C33H34F2N4O5.ClH/c1-44-31(41)26-20-37-33(43)39(30(26)24-10-13-27(34)28(35)18-24)32(42)36-15-5-16-38-17-14-23(21-8-11-25(40)12-9-21)19-29(38)22-6-3-2-4-7-22;/h2-4,6-13,18,20,23,29-30,40H,5,14-17,19H2,1H3,(H,36,42)(H,37,43);1H. The van der Waals surface area contributed by atoms with Crippen molar-refractivity contribution in [1.29, 1.82) is 0 Å².